The average molecular weight is 311 g/mol. The zero-order valence-corrected chi connectivity index (χ0v) is 12.4. The van der Waals surface area contributed by atoms with Crippen molar-refractivity contribution in [3.8, 4) is 0 Å². The van der Waals surface area contributed by atoms with Crippen LogP contribution in [0.2, 0.25) is 0 Å². The lowest BCUT2D eigenvalue weighted by Crippen LogP contribution is -2.43. The lowest BCUT2D eigenvalue weighted by atomic mass is 10.0. The summed E-state index contributed by atoms with van der Waals surface area (Å²) in [4.78, 5) is 12.2. The van der Waals surface area contributed by atoms with Crippen LogP contribution in [0.15, 0.2) is 16.6 Å². The van der Waals surface area contributed by atoms with Crippen molar-refractivity contribution in [2.75, 3.05) is 11.9 Å². The molecule has 0 spiro atoms. The fourth-order valence-corrected chi connectivity index (χ4v) is 3.08. The summed E-state index contributed by atoms with van der Waals surface area (Å²) in [6.07, 6.45) is 3.23. The van der Waals surface area contributed by atoms with Crippen LogP contribution in [0.1, 0.15) is 30.4 Å². The van der Waals surface area contributed by atoms with E-state index in [9.17, 15) is 4.79 Å². The van der Waals surface area contributed by atoms with Gasteiger partial charge in [-0.1, -0.05) is 22.4 Å². The Hall–Kier alpha value is -0.870. The van der Waals surface area contributed by atoms with E-state index < -0.39 is 0 Å². The molecule has 1 aromatic rings. The van der Waals surface area contributed by atoms with Gasteiger partial charge in [0, 0.05) is 10.2 Å². The van der Waals surface area contributed by atoms with Crippen molar-refractivity contribution in [1.29, 1.82) is 0 Å². The minimum atomic E-state index is -0.0406. The number of hydrogen-bond acceptors (Lipinski definition) is 2. The summed E-state index contributed by atoms with van der Waals surface area (Å²) in [6, 6.07) is 4.01. The van der Waals surface area contributed by atoms with Gasteiger partial charge in [-0.2, -0.15) is 0 Å². The van der Waals surface area contributed by atoms with E-state index in [1.54, 1.807) is 0 Å². The first-order valence-electron chi connectivity index (χ1n) is 6.39. The zero-order valence-electron chi connectivity index (χ0n) is 10.8. The number of hydrogen-bond donors (Lipinski definition) is 2. The second kappa shape index (κ2) is 5.85. The number of halogens is 1. The van der Waals surface area contributed by atoms with E-state index in [0.29, 0.717) is 0 Å². The monoisotopic (exact) mass is 310 g/mol. The highest BCUT2D eigenvalue weighted by Gasteiger charge is 2.21. The molecular weight excluding hydrogens is 292 g/mol. The van der Waals surface area contributed by atoms with Gasteiger partial charge in [0.05, 0.1) is 6.04 Å². The number of carbonyl (C=O) groups is 1. The van der Waals surface area contributed by atoms with Crippen LogP contribution < -0.4 is 10.6 Å². The second-order valence-corrected chi connectivity index (χ2v) is 5.82. The Morgan fingerprint density at radius 3 is 2.56 bits per heavy atom. The first kappa shape index (κ1) is 13.6. The van der Waals surface area contributed by atoms with Crippen LogP contribution in [-0.2, 0) is 4.79 Å². The van der Waals surface area contributed by atoms with E-state index >= 15 is 0 Å². The number of piperidine rings is 1. The molecule has 0 bridgehead atoms. The van der Waals surface area contributed by atoms with Gasteiger partial charge in [0.1, 0.15) is 0 Å². The predicted molar refractivity (Wildman–Crippen MR) is 77.9 cm³/mol. The van der Waals surface area contributed by atoms with E-state index in [4.69, 9.17) is 0 Å². The number of aryl methyl sites for hydroxylation is 2. The molecule has 0 radical (unpaired) electrons. The maximum Gasteiger partial charge on any atom is 0.241 e. The molecule has 98 valence electrons. The highest BCUT2D eigenvalue weighted by molar-refractivity contribution is 9.10. The molecule has 2 N–H and O–H groups in total. The van der Waals surface area contributed by atoms with Crippen molar-refractivity contribution in [3.63, 3.8) is 0 Å². The van der Waals surface area contributed by atoms with Crippen LogP contribution in [0, 0.1) is 13.8 Å². The lowest BCUT2D eigenvalue weighted by Gasteiger charge is -2.23. The summed E-state index contributed by atoms with van der Waals surface area (Å²) in [5.74, 6) is 0.0863. The SMILES string of the molecule is Cc1cc(Br)cc(C)c1NC(=O)[C@H]1CCCCN1. The Kier molecular flexibility index (Phi) is 4.40. The number of benzene rings is 1. The topological polar surface area (TPSA) is 41.1 Å². The van der Waals surface area contributed by atoms with Crippen LogP contribution >= 0.6 is 15.9 Å². The first-order valence-corrected chi connectivity index (χ1v) is 7.18. The van der Waals surface area contributed by atoms with Gasteiger partial charge in [0.15, 0.2) is 0 Å². The van der Waals surface area contributed by atoms with Crippen LogP contribution in [0.3, 0.4) is 0 Å². The van der Waals surface area contributed by atoms with Gasteiger partial charge in [-0.15, -0.1) is 0 Å². The van der Waals surface area contributed by atoms with Gasteiger partial charge in [-0.05, 0) is 56.5 Å². The largest absolute Gasteiger partial charge is 0.324 e. The number of anilines is 1. The highest BCUT2D eigenvalue weighted by Crippen LogP contribution is 2.25. The Morgan fingerprint density at radius 2 is 2.00 bits per heavy atom. The van der Waals surface area contributed by atoms with Gasteiger partial charge < -0.3 is 10.6 Å². The highest BCUT2D eigenvalue weighted by atomic mass is 79.9. The maximum atomic E-state index is 12.2. The molecule has 0 saturated carbocycles. The van der Waals surface area contributed by atoms with Crippen LogP contribution in [0.5, 0.6) is 0 Å². The molecule has 1 atom stereocenters. The van der Waals surface area contributed by atoms with Crippen LogP contribution in [0.4, 0.5) is 5.69 Å². The Balaban J connectivity index is 2.11. The van der Waals surface area contributed by atoms with Gasteiger partial charge in [-0.3, -0.25) is 4.79 Å². The average Bonchev–Trinajstić information content (AvgIpc) is 2.34. The number of nitrogens with one attached hydrogen (secondary N) is 2. The molecule has 0 unspecified atom stereocenters. The van der Waals surface area contributed by atoms with E-state index in [0.717, 1.165) is 40.7 Å². The van der Waals surface area contributed by atoms with Crippen molar-refractivity contribution in [2.24, 2.45) is 0 Å². The molecule has 0 aliphatic carbocycles. The van der Waals surface area contributed by atoms with E-state index in [-0.39, 0.29) is 11.9 Å². The molecule has 0 aromatic heterocycles. The molecule has 1 aromatic carbocycles. The Morgan fingerprint density at radius 1 is 1.33 bits per heavy atom. The van der Waals surface area contributed by atoms with Crippen molar-refractivity contribution in [1.82, 2.24) is 5.32 Å². The fourth-order valence-electron chi connectivity index (χ4n) is 2.39. The van der Waals surface area contributed by atoms with Gasteiger partial charge >= 0.3 is 0 Å². The fraction of sp³-hybridized carbons (Fsp3) is 0.500. The minimum Gasteiger partial charge on any atom is -0.324 e. The molecule has 1 aliphatic rings. The molecule has 2 rings (SSSR count). The summed E-state index contributed by atoms with van der Waals surface area (Å²) in [6.45, 7) is 4.97. The van der Waals surface area contributed by atoms with Crippen LogP contribution in [-0.4, -0.2) is 18.5 Å². The number of rotatable bonds is 2. The summed E-state index contributed by atoms with van der Waals surface area (Å²) < 4.78 is 1.05. The maximum absolute atomic E-state index is 12.2. The van der Waals surface area contributed by atoms with E-state index in [1.165, 1.54) is 6.42 Å². The van der Waals surface area contributed by atoms with E-state index in [1.807, 2.05) is 26.0 Å². The predicted octanol–water partition coefficient (Wildman–Crippen LogP) is 3.15. The van der Waals surface area contributed by atoms with Gasteiger partial charge in [-0.25, -0.2) is 0 Å². The normalized spacial score (nSPS) is 19.6. The van der Waals surface area contributed by atoms with Gasteiger partial charge in [0.2, 0.25) is 5.91 Å². The lowest BCUT2D eigenvalue weighted by molar-refractivity contribution is -0.118. The number of amides is 1. The number of carbonyl (C=O) groups excluding carboxylic acids is 1. The molecule has 1 aliphatic heterocycles. The summed E-state index contributed by atoms with van der Waals surface area (Å²) in [5.41, 5.74) is 3.12. The first-order chi connectivity index (χ1) is 8.58. The molecule has 4 heteroatoms. The summed E-state index contributed by atoms with van der Waals surface area (Å²) in [7, 11) is 0. The van der Waals surface area contributed by atoms with Crippen molar-refractivity contribution >= 4 is 27.5 Å². The molecule has 1 saturated heterocycles. The molecule has 1 amide bonds. The van der Waals surface area contributed by atoms with Crippen molar-refractivity contribution in [2.45, 2.75) is 39.2 Å². The summed E-state index contributed by atoms with van der Waals surface area (Å²) >= 11 is 3.46. The van der Waals surface area contributed by atoms with Crippen molar-refractivity contribution in [3.05, 3.63) is 27.7 Å². The quantitative estimate of drug-likeness (QED) is 0.881. The molecule has 3 nitrogen and oxygen atoms in total. The van der Waals surface area contributed by atoms with Gasteiger partial charge in [0.25, 0.3) is 0 Å². The van der Waals surface area contributed by atoms with E-state index in [2.05, 4.69) is 26.6 Å². The second-order valence-electron chi connectivity index (χ2n) is 4.91. The minimum absolute atomic E-state index is 0.0406. The third kappa shape index (κ3) is 3.12. The molecule has 18 heavy (non-hydrogen) atoms. The third-order valence-corrected chi connectivity index (χ3v) is 3.83. The standard InChI is InChI=1S/C14H19BrN2O/c1-9-7-11(15)8-10(2)13(9)17-14(18)12-5-3-4-6-16-12/h7-8,12,16H,3-6H2,1-2H3,(H,17,18)/t12-/m1/s1. The van der Waals surface area contributed by atoms with Crippen LogP contribution in [0.25, 0.3) is 0 Å². The smallest absolute Gasteiger partial charge is 0.241 e. The Bertz CT molecular complexity index is 430. The Labute approximate surface area is 116 Å². The molecule has 1 fully saturated rings. The molecule has 1 heterocycles. The molecular formula is C14H19BrN2O. The van der Waals surface area contributed by atoms with Crippen molar-refractivity contribution < 1.29 is 4.79 Å². The summed E-state index contributed by atoms with van der Waals surface area (Å²) in [5, 5.41) is 6.32. The zero-order chi connectivity index (χ0) is 13.1. The third-order valence-electron chi connectivity index (χ3n) is 3.37.